The average molecular weight is 1350 g/mol. The average Bonchev–Trinajstić information content (AvgIpc) is 2.87. The van der Waals surface area contributed by atoms with Crippen LogP contribution in [0.3, 0.4) is 0 Å². The molecule has 2 unspecified atom stereocenters. The molecule has 3 N–H and O–H groups in total. The fraction of sp³-hybridized carbons (Fsp3) is 0.945. The van der Waals surface area contributed by atoms with Gasteiger partial charge >= 0.3 is 39.5 Å². The van der Waals surface area contributed by atoms with Crippen molar-refractivity contribution >= 4 is 39.5 Å². The van der Waals surface area contributed by atoms with Gasteiger partial charge < -0.3 is 33.8 Å². The van der Waals surface area contributed by atoms with Gasteiger partial charge in [-0.25, -0.2) is 9.13 Å². The van der Waals surface area contributed by atoms with Crippen molar-refractivity contribution in [2.24, 2.45) is 17.8 Å². The predicted molar refractivity (Wildman–Crippen MR) is 372 cm³/mol. The van der Waals surface area contributed by atoms with Gasteiger partial charge in [0.05, 0.1) is 26.4 Å². The van der Waals surface area contributed by atoms with E-state index in [9.17, 15) is 43.2 Å². The van der Waals surface area contributed by atoms with Crippen LogP contribution < -0.4 is 0 Å². The molecule has 0 fully saturated rings. The summed E-state index contributed by atoms with van der Waals surface area (Å²) in [5.41, 5.74) is 0. The van der Waals surface area contributed by atoms with Gasteiger partial charge in [-0.3, -0.25) is 37.3 Å². The Kier molecular flexibility index (Phi) is 62.4. The maximum absolute atomic E-state index is 13.1. The van der Waals surface area contributed by atoms with Crippen LogP contribution in [0.25, 0.3) is 0 Å². The van der Waals surface area contributed by atoms with Crippen LogP contribution >= 0.6 is 15.6 Å². The molecule has 92 heavy (non-hydrogen) atoms. The number of phosphoric acid groups is 2. The molecule has 0 aromatic rings. The van der Waals surface area contributed by atoms with E-state index in [0.29, 0.717) is 31.6 Å². The Hall–Kier alpha value is -1.94. The molecular weight excluding hydrogens is 1210 g/mol. The second-order valence-electron chi connectivity index (χ2n) is 27.8. The highest BCUT2D eigenvalue weighted by Gasteiger charge is 2.30. The Labute approximate surface area is 562 Å². The van der Waals surface area contributed by atoms with Crippen LogP contribution in [0.5, 0.6) is 0 Å². The van der Waals surface area contributed by atoms with E-state index in [4.69, 9.17) is 37.0 Å². The number of hydrogen-bond donors (Lipinski definition) is 3. The standard InChI is InChI=1S/C73H142O17P2/c1-8-9-10-11-12-13-20-28-33-42-49-56-72(77)90-69(61-84-71(76)55-48-41-36-35-39-46-53-66(6)7)63-88-92(81,82)86-59-67(74)58-85-91(79,80)87-62-68(89-73(78)57-50-43-34-29-24-19-15-17-22-26-31-38-45-52-65(4)5)60-83-70(75)54-47-40-32-27-23-18-14-16-21-25-30-37-44-51-64(2)3/h64-69,74H,8-63H2,1-7H3,(H,79,80)(H,81,82)/t67-,68-,69-/m1/s1. The lowest BCUT2D eigenvalue weighted by Crippen LogP contribution is -2.30. The van der Waals surface area contributed by atoms with Crippen molar-refractivity contribution in [1.82, 2.24) is 0 Å². The summed E-state index contributed by atoms with van der Waals surface area (Å²) in [7, 11) is -9.90. The fourth-order valence-electron chi connectivity index (χ4n) is 11.1. The van der Waals surface area contributed by atoms with Crippen LogP contribution in [0, 0.1) is 17.8 Å². The number of ether oxygens (including phenoxy) is 4. The maximum atomic E-state index is 13.1. The number of aliphatic hydroxyl groups is 1. The summed E-state index contributed by atoms with van der Waals surface area (Å²) in [4.78, 5) is 72.6. The Bertz CT molecular complexity index is 1800. The minimum atomic E-state index is -4.96. The van der Waals surface area contributed by atoms with Gasteiger partial charge in [-0.15, -0.1) is 0 Å². The zero-order valence-electron chi connectivity index (χ0n) is 60.0. The van der Waals surface area contributed by atoms with E-state index < -0.39 is 97.5 Å². The van der Waals surface area contributed by atoms with Crippen molar-refractivity contribution in [3.63, 3.8) is 0 Å². The second-order valence-corrected chi connectivity index (χ2v) is 30.7. The molecule has 19 heteroatoms. The van der Waals surface area contributed by atoms with E-state index in [1.54, 1.807) is 0 Å². The van der Waals surface area contributed by atoms with E-state index in [2.05, 4.69) is 48.5 Å². The molecule has 0 heterocycles. The highest BCUT2D eigenvalue weighted by Crippen LogP contribution is 2.45. The van der Waals surface area contributed by atoms with E-state index in [0.717, 1.165) is 108 Å². The molecule has 0 aromatic carbocycles. The Morgan fingerprint density at radius 2 is 0.500 bits per heavy atom. The molecule has 0 bridgehead atoms. The molecule has 0 aromatic heterocycles. The first-order valence-corrected chi connectivity index (χ1v) is 40.8. The second kappa shape index (κ2) is 63.8. The molecule has 0 saturated heterocycles. The lowest BCUT2D eigenvalue weighted by molar-refractivity contribution is -0.161. The molecule has 0 aliphatic carbocycles. The molecule has 0 rings (SSSR count). The molecule has 0 saturated carbocycles. The van der Waals surface area contributed by atoms with Crippen molar-refractivity contribution in [2.75, 3.05) is 39.6 Å². The van der Waals surface area contributed by atoms with Gasteiger partial charge in [0.1, 0.15) is 19.3 Å². The van der Waals surface area contributed by atoms with Gasteiger partial charge in [0.2, 0.25) is 0 Å². The maximum Gasteiger partial charge on any atom is 0.472 e. The first-order chi connectivity index (χ1) is 44.2. The van der Waals surface area contributed by atoms with Crippen molar-refractivity contribution in [3.8, 4) is 0 Å². The number of aliphatic hydroxyl groups excluding tert-OH is 1. The molecule has 0 radical (unpaired) electrons. The number of carbonyl (C=O) groups excluding carboxylic acids is 4. The lowest BCUT2D eigenvalue weighted by Gasteiger charge is -2.21. The van der Waals surface area contributed by atoms with Crippen LogP contribution in [-0.2, 0) is 65.4 Å². The molecule has 0 aliphatic heterocycles. The summed E-state index contributed by atoms with van der Waals surface area (Å²) in [5, 5.41) is 10.6. The normalized spacial score (nSPS) is 14.1. The third-order valence-electron chi connectivity index (χ3n) is 16.9. The molecule has 546 valence electrons. The molecule has 5 atom stereocenters. The highest BCUT2D eigenvalue weighted by atomic mass is 31.2. The zero-order chi connectivity index (χ0) is 68.0. The van der Waals surface area contributed by atoms with Gasteiger partial charge in [-0.05, 0) is 43.4 Å². The van der Waals surface area contributed by atoms with Crippen molar-refractivity contribution in [1.29, 1.82) is 0 Å². The Morgan fingerprint density at radius 3 is 0.739 bits per heavy atom. The minimum absolute atomic E-state index is 0.106. The molecule has 0 aliphatic rings. The topological polar surface area (TPSA) is 237 Å². The lowest BCUT2D eigenvalue weighted by atomic mass is 10.0. The van der Waals surface area contributed by atoms with Crippen LogP contribution in [0.15, 0.2) is 0 Å². The molecular formula is C73H142O17P2. The first-order valence-electron chi connectivity index (χ1n) is 37.8. The van der Waals surface area contributed by atoms with Crippen LogP contribution in [0.1, 0.15) is 370 Å². The fourth-order valence-corrected chi connectivity index (χ4v) is 12.7. The van der Waals surface area contributed by atoms with Crippen LogP contribution in [0.2, 0.25) is 0 Å². The van der Waals surface area contributed by atoms with Gasteiger partial charge in [0.15, 0.2) is 12.2 Å². The Morgan fingerprint density at radius 1 is 0.293 bits per heavy atom. The zero-order valence-corrected chi connectivity index (χ0v) is 61.8. The van der Waals surface area contributed by atoms with Crippen LogP contribution in [-0.4, -0.2) is 96.7 Å². The smallest absolute Gasteiger partial charge is 0.462 e. The molecule has 0 spiro atoms. The van der Waals surface area contributed by atoms with Gasteiger partial charge in [-0.1, -0.05) is 318 Å². The number of unbranched alkanes of at least 4 members (excludes halogenated alkanes) is 39. The number of phosphoric ester groups is 2. The van der Waals surface area contributed by atoms with Gasteiger partial charge in [0, 0.05) is 25.7 Å². The molecule has 17 nitrogen and oxygen atoms in total. The molecule has 0 amide bonds. The minimum Gasteiger partial charge on any atom is -0.462 e. The monoisotopic (exact) mass is 1350 g/mol. The van der Waals surface area contributed by atoms with Gasteiger partial charge in [-0.2, -0.15) is 0 Å². The van der Waals surface area contributed by atoms with Crippen molar-refractivity contribution in [2.45, 2.75) is 388 Å². The summed E-state index contributed by atoms with van der Waals surface area (Å²) in [6.45, 7) is 11.8. The third-order valence-corrected chi connectivity index (χ3v) is 18.8. The van der Waals surface area contributed by atoms with E-state index >= 15 is 0 Å². The summed E-state index contributed by atoms with van der Waals surface area (Å²) < 4.78 is 68.4. The first kappa shape index (κ1) is 90.1. The van der Waals surface area contributed by atoms with Gasteiger partial charge in [0.25, 0.3) is 0 Å². The summed E-state index contributed by atoms with van der Waals surface area (Å²) in [6.07, 6.45) is 48.6. The van der Waals surface area contributed by atoms with E-state index in [1.165, 1.54) is 173 Å². The number of rotatable bonds is 71. The highest BCUT2D eigenvalue weighted by molar-refractivity contribution is 7.47. The SMILES string of the molecule is CCCCCCCCCCCCCC(=O)O[C@H](COC(=O)CCCCCCCCC(C)C)COP(=O)(O)OC[C@H](O)COP(=O)(O)OC[C@@H](COC(=O)CCCCCCCCCCCCCCCC(C)C)OC(=O)CCCCCCCCCCCCCCCC(C)C. The number of esters is 4. The predicted octanol–water partition coefficient (Wildman–Crippen LogP) is 21.0. The van der Waals surface area contributed by atoms with E-state index in [1.807, 2.05) is 0 Å². The summed E-state index contributed by atoms with van der Waals surface area (Å²) in [5.74, 6) is 0.135. The number of hydrogen-bond acceptors (Lipinski definition) is 15. The van der Waals surface area contributed by atoms with Crippen LogP contribution in [0.4, 0.5) is 0 Å². The largest absolute Gasteiger partial charge is 0.472 e. The summed E-state index contributed by atoms with van der Waals surface area (Å²) >= 11 is 0. The third kappa shape index (κ3) is 66.7. The quantitative estimate of drug-likeness (QED) is 0.0222. The Balaban J connectivity index is 5.23. The number of carbonyl (C=O) groups is 4. The van der Waals surface area contributed by atoms with Crippen molar-refractivity contribution < 1.29 is 80.2 Å². The summed E-state index contributed by atoms with van der Waals surface area (Å²) in [6, 6.07) is 0. The van der Waals surface area contributed by atoms with E-state index in [-0.39, 0.29) is 25.7 Å². The van der Waals surface area contributed by atoms with Crippen molar-refractivity contribution in [3.05, 3.63) is 0 Å².